The van der Waals surface area contributed by atoms with Gasteiger partial charge >= 0.3 is 0 Å². The zero-order valence-corrected chi connectivity index (χ0v) is 9.35. The minimum atomic E-state index is -0.0412. The highest BCUT2D eigenvalue weighted by Crippen LogP contribution is 2.22. The maximum Gasteiger partial charge on any atom is 0.252 e. The maximum atomic E-state index is 11.7. The summed E-state index contributed by atoms with van der Waals surface area (Å²) in [6.07, 6.45) is 9.48. The molecule has 1 aliphatic rings. The average molecular weight is 219 g/mol. The first-order valence-corrected chi connectivity index (χ1v) is 5.91. The highest BCUT2D eigenvalue weighted by atomic mass is 16.1. The molecule has 4 heteroatoms. The number of hydrogen-bond acceptors (Lipinski definition) is 3. The van der Waals surface area contributed by atoms with Crippen molar-refractivity contribution in [2.24, 2.45) is 5.92 Å². The van der Waals surface area contributed by atoms with Crippen LogP contribution in [0.4, 0.5) is 0 Å². The number of carbonyl (C=O) groups excluding carboxylic acids is 1. The summed E-state index contributed by atoms with van der Waals surface area (Å²) >= 11 is 0. The molecule has 0 unspecified atom stereocenters. The Balaban J connectivity index is 1.79. The largest absolute Gasteiger partial charge is 0.352 e. The first kappa shape index (κ1) is 11.0. The van der Waals surface area contributed by atoms with Gasteiger partial charge in [0.1, 0.15) is 0 Å². The quantitative estimate of drug-likeness (QED) is 0.843. The second kappa shape index (κ2) is 5.58. The lowest BCUT2D eigenvalue weighted by Gasteiger charge is -2.21. The zero-order chi connectivity index (χ0) is 11.2. The zero-order valence-electron chi connectivity index (χ0n) is 9.35. The van der Waals surface area contributed by atoms with Crippen LogP contribution < -0.4 is 5.32 Å². The highest BCUT2D eigenvalue weighted by Gasteiger charge is 2.14. The van der Waals surface area contributed by atoms with Gasteiger partial charge < -0.3 is 5.32 Å². The fourth-order valence-electron chi connectivity index (χ4n) is 2.16. The van der Waals surface area contributed by atoms with Crippen LogP contribution in [0.15, 0.2) is 18.5 Å². The van der Waals surface area contributed by atoms with E-state index in [1.54, 1.807) is 6.07 Å². The lowest BCUT2D eigenvalue weighted by molar-refractivity contribution is 0.0943. The number of carbonyl (C=O) groups is 1. The van der Waals surface area contributed by atoms with E-state index < -0.39 is 0 Å². The van der Waals surface area contributed by atoms with E-state index in [1.165, 1.54) is 44.5 Å². The molecule has 0 spiro atoms. The molecule has 0 radical (unpaired) electrons. The minimum absolute atomic E-state index is 0.0412. The van der Waals surface area contributed by atoms with Crippen LogP contribution in [0, 0.1) is 5.92 Å². The molecule has 0 aromatic carbocycles. The molecule has 1 aromatic heterocycles. The van der Waals surface area contributed by atoms with Gasteiger partial charge in [0.05, 0.1) is 18.0 Å². The molecule has 1 saturated carbocycles. The van der Waals surface area contributed by atoms with Crippen LogP contribution in [0.2, 0.25) is 0 Å². The number of nitrogens with one attached hydrogen (secondary N) is 1. The summed E-state index contributed by atoms with van der Waals surface area (Å²) in [4.78, 5) is 11.7. The van der Waals surface area contributed by atoms with E-state index in [1.807, 2.05) is 0 Å². The van der Waals surface area contributed by atoms with E-state index >= 15 is 0 Å². The summed E-state index contributed by atoms with van der Waals surface area (Å²) in [5, 5.41) is 10.3. The van der Waals surface area contributed by atoms with Gasteiger partial charge in [-0.2, -0.15) is 10.2 Å². The maximum absolute atomic E-state index is 11.7. The Morgan fingerprint density at radius 2 is 2.12 bits per heavy atom. The van der Waals surface area contributed by atoms with E-state index in [9.17, 15) is 4.79 Å². The van der Waals surface area contributed by atoms with Gasteiger partial charge in [0.2, 0.25) is 0 Å². The number of amides is 1. The van der Waals surface area contributed by atoms with Gasteiger partial charge in [-0.1, -0.05) is 19.3 Å². The van der Waals surface area contributed by atoms with Gasteiger partial charge in [0, 0.05) is 6.54 Å². The van der Waals surface area contributed by atoms with E-state index in [0.29, 0.717) is 11.5 Å². The molecule has 16 heavy (non-hydrogen) atoms. The third-order valence-electron chi connectivity index (χ3n) is 3.12. The van der Waals surface area contributed by atoms with E-state index in [-0.39, 0.29) is 5.91 Å². The van der Waals surface area contributed by atoms with Gasteiger partial charge in [-0.3, -0.25) is 4.79 Å². The molecule has 86 valence electrons. The molecule has 0 bridgehead atoms. The SMILES string of the molecule is O=C(NCC1CCCCC1)c1ccnnc1. The van der Waals surface area contributed by atoms with E-state index in [0.717, 1.165) is 6.54 Å². The number of nitrogens with zero attached hydrogens (tertiary/aromatic N) is 2. The summed E-state index contributed by atoms with van der Waals surface area (Å²) in [7, 11) is 0. The molecule has 1 aromatic rings. The standard InChI is InChI=1S/C12H17N3O/c16-12(11-6-7-14-15-9-11)13-8-10-4-2-1-3-5-10/h6-7,9-10H,1-5,8H2,(H,13,16). The molecule has 0 saturated heterocycles. The predicted octanol–water partition coefficient (Wildman–Crippen LogP) is 1.79. The monoisotopic (exact) mass is 219 g/mol. The molecule has 4 nitrogen and oxygen atoms in total. The molecule has 1 fully saturated rings. The van der Waals surface area contributed by atoms with Gasteiger partial charge in [0.15, 0.2) is 0 Å². The van der Waals surface area contributed by atoms with Gasteiger partial charge in [-0.05, 0) is 24.8 Å². The lowest BCUT2D eigenvalue weighted by Crippen LogP contribution is -2.30. The first-order chi connectivity index (χ1) is 7.86. The van der Waals surface area contributed by atoms with Crippen molar-refractivity contribution in [3.63, 3.8) is 0 Å². The molecular formula is C12H17N3O. The summed E-state index contributed by atoms with van der Waals surface area (Å²) in [6, 6.07) is 1.68. The lowest BCUT2D eigenvalue weighted by atomic mass is 9.89. The number of hydrogen-bond donors (Lipinski definition) is 1. The molecular weight excluding hydrogens is 202 g/mol. The average Bonchev–Trinajstić information content (AvgIpc) is 2.38. The fourth-order valence-corrected chi connectivity index (χ4v) is 2.16. The third kappa shape index (κ3) is 3.02. The van der Waals surface area contributed by atoms with Crippen molar-refractivity contribution in [2.75, 3.05) is 6.54 Å². The predicted molar refractivity (Wildman–Crippen MR) is 60.9 cm³/mol. The van der Waals surface area contributed by atoms with Crippen LogP contribution in [0.3, 0.4) is 0 Å². The molecule has 1 heterocycles. The van der Waals surface area contributed by atoms with Crippen molar-refractivity contribution in [1.29, 1.82) is 0 Å². The Morgan fingerprint density at radius 3 is 2.81 bits per heavy atom. The van der Waals surface area contributed by atoms with Crippen molar-refractivity contribution >= 4 is 5.91 Å². The van der Waals surface area contributed by atoms with E-state index in [4.69, 9.17) is 0 Å². The Labute approximate surface area is 95.5 Å². The van der Waals surface area contributed by atoms with Crippen LogP contribution in [0.25, 0.3) is 0 Å². The number of rotatable bonds is 3. The molecule has 1 aliphatic carbocycles. The first-order valence-electron chi connectivity index (χ1n) is 5.91. The van der Waals surface area contributed by atoms with Crippen LogP contribution >= 0.6 is 0 Å². The van der Waals surface area contributed by atoms with Crippen molar-refractivity contribution < 1.29 is 4.79 Å². The second-order valence-corrected chi connectivity index (χ2v) is 4.35. The normalized spacial score (nSPS) is 17.0. The topological polar surface area (TPSA) is 54.9 Å². The second-order valence-electron chi connectivity index (χ2n) is 4.35. The van der Waals surface area contributed by atoms with Gasteiger partial charge in [-0.25, -0.2) is 0 Å². The molecule has 0 aliphatic heterocycles. The highest BCUT2D eigenvalue weighted by molar-refractivity contribution is 5.93. The Morgan fingerprint density at radius 1 is 1.31 bits per heavy atom. The minimum Gasteiger partial charge on any atom is -0.352 e. The molecule has 1 amide bonds. The Bertz CT molecular complexity index is 333. The van der Waals surface area contributed by atoms with Crippen molar-refractivity contribution in [2.45, 2.75) is 32.1 Å². The van der Waals surface area contributed by atoms with Crippen LogP contribution in [-0.2, 0) is 0 Å². The Hall–Kier alpha value is -1.45. The summed E-state index contributed by atoms with van der Waals surface area (Å²) in [5.74, 6) is 0.618. The van der Waals surface area contributed by atoms with E-state index in [2.05, 4.69) is 15.5 Å². The van der Waals surface area contributed by atoms with Crippen LogP contribution in [0.1, 0.15) is 42.5 Å². The molecule has 0 atom stereocenters. The molecule has 2 rings (SSSR count). The smallest absolute Gasteiger partial charge is 0.252 e. The Kier molecular flexibility index (Phi) is 3.86. The van der Waals surface area contributed by atoms with Gasteiger partial charge in [-0.15, -0.1) is 0 Å². The fraction of sp³-hybridized carbons (Fsp3) is 0.583. The van der Waals surface area contributed by atoms with Crippen molar-refractivity contribution in [3.05, 3.63) is 24.0 Å². The van der Waals surface area contributed by atoms with Crippen molar-refractivity contribution in [1.82, 2.24) is 15.5 Å². The summed E-state index contributed by atoms with van der Waals surface area (Å²) in [5.41, 5.74) is 0.589. The third-order valence-corrected chi connectivity index (χ3v) is 3.12. The summed E-state index contributed by atoms with van der Waals surface area (Å²) < 4.78 is 0. The summed E-state index contributed by atoms with van der Waals surface area (Å²) in [6.45, 7) is 0.793. The number of aromatic nitrogens is 2. The van der Waals surface area contributed by atoms with Crippen LogP contribution in [0.5, 0.6) is 0 Å². The van der Waals surface area contributed by atoms with Crippen LogP contribution in [-0.4, -0.2) is 22.6 Å². The van der Waals surface area contributed by atoms with Crippen molar-refractivity contribution in [3.8, 4) is 0 Å². The molecule has 1 N–H and O–H groups in total. The van der Waals surface area contributed by atoms with Gasteiger partial charge in [0.25, 0.3) is 5.91 Å².